The molecule has 1 aliphatic rings. The van der Waals surface area contributed by atoms with Gasteiger partial charge in [-0.2, -0.15) is 13.2 Å². The molecule has 1 fully saturated rings. The van der Waals surface area contributed by atoms with Gasteiger partial charge in [-0.1, -0.05) is 0 Å². The number of carbonyl (C=O) groups is 1. The maximum Gasteiger partial charge on any atom is 0.401 e. The molecule has 1 aromatic rings. The van der Waals surface area contributed by atoms with Gasteiger partial charge in [-0.3, -0.25) is 4.90 Å². The summed E-state index contributed by atoms with van der Waals surface area (Å²) in [5.74, 6) is 0.0711. The van der Waals surface area contributed by atoms with E-state index in [9.17, 15) is 18.0 Å². The van der Waals surface area contributed by atoms with E-state index in [-0.39, 0.29) is 11.9 Å². The van der Waals surface area contributed by atoms with Gasteiger partial charge < -0.3 is 15.2 Å². The Morgan fingerprint density at radius 3 is 2.86 bits per heavy atom. The van der Waals surface area contributed by atoms with Crippen molar-refractivity contribution in [3.63, 3.8) is 0 Å². The molecule has 0 bridgehead atoms. The summed E-state index contributed by atoms with van der Waals surface area (Å²) >= 11 is 0. The summed E-state index contributed by atoms with van der Waals surface area (Å²) in [6.45, 7) is 1.40. The van der Waals surface area contributed by atoms with Crippen LogP contribution in [0.5, 0.6) is 0 Å². The standard InChI is InChI=1S/C13H20F3N5O/c14-13(15,16)9-21-4-1-11(8-21)7-19-12(22)18-3-6-20-5-2-17-10-20/h2,5,10-11H,1,3-4,6-9H2,(H2,18,19,22)/t11-/m0/s1. The molecule has 1 atom stereocenters. The van der Waals surface area contributed by atoms with Crippen LogP contribution in [-0.4, -0.2) is 59.4 Å². The van der Waals surface area contributed by atoms with E-state index in [1.54, 1.807) is 18.7 Å². The van der Waals surface area contributed by atoms with E-state index in [4.69, 9.17) is 0 Å². The quantitative estimate of drug-likeness (QED) is 0.824. The van der Waals surface area contributed by atoms with Crippen molar-refractivity contribution >= 4 is 6.03 Å². The molecule has 1 aromatic heterocycles. The molecule has 0 unspecified atom stereocenters. The van der Waals surface area contributed by atoms with Crippen molar-refractivity contribution in [3.8, 4) is 0 Å². The molecule has 0 saturated carbocycles. The average molecular weight is 319 g/mol. The molecule has 124 valence electrons. The minimum atomic E-state index is -4.16. The number of rotatable bonds is 6. The predicted molar refractivity (Wildman–Crippen MR) is 74.2 cm³/mol. The van der Waals surface area contributed by atoms with Gasteiger partial charge in [0.15, 0.2) is 0 Å². The monoisotopic (exact) mass is 319 g/mol. The van der Waals surface area contributed by atoms with E-state index in [2.05, 4.69) is 15.6 Å². The molecule has 9 heteroatoms. The van der Waals surface area contributed by atoms with Crippen LogP contribution in [0.3, 0.4) is 0 Å². The Morgan fingerprint density at radius 1 is 1.36 bits per heavy atom. The fourth-order valence-corrected chi connectivity index (χ4v) is 2.49. The minimum Gasteiger partial charge on any atom is -0.338 e. The lowest BCUT2D eigenvalue weighted by Crippen LogP contribution is -2.40. The number of imidazole rings is 1. The molecular weight excluding hydrogens is 299 g/mol. The lowest BCUT2D eigenvalue weighted by Gasteiger charge is -2.18. The van der Waals surface area contributed by atoms with E-state index >= 15 is 0 Å². The van der Waals surface area contributed by atoms with E-state index in [0.717, 1.165) is 0 Å². The minimum absolute atomic E-state index is 0.0711. The number of carbonyl (C=O) groups excluding carboxylic acids is 1. The van der Waals surface area contributed by atoms with Gasteiger partial charge in [0.25, 0.3) is 0 Å². The van der Waals surface area contributed by atoms with Crippen molar-refractivity contribution in [3.05, 3.63) is 18.7 Å². The number of nitrogens with one attached hydrogen (secondary N) is 2. The molecule has 2 rings (SSSR count). The van der Waals surface area contributed by atoms with Crippen molar-refractivity contribution in [1.29, 1.82) is 0 Å². The average Bonchev–Trinajstić information content (AvgIpc) is 3.06. The van der Waals surface area contributed by atoms with Crippen molar-refractivity contribution in [1.82, 2.24) is 25.1 Å². The summed E-state index contributed by atoms with van der Waals surface area (Å²) in [4.78, 5) is 16.9. The van der Waals surface area contributed by atoms with Crippen LogP contribution < -0.4 is 10.6 Å². The van der Waals surface area contributed by atoms with Crippen LogP contribution in [0.15, 0.2) is 18.7 Å². The lowest BCUT2D eigenvalue weighted by atomic mass is 10.1. The molecule has 2 amide bonds. The largest absolute Gasteiger partial charge is 0.401 e. The molecule has 2 heterocycles. The summed E-state index contributed by atoms with van der Waals surface area (Å²) in [7, 11) is 0. The third-order valence-electron chi connectivity index (χ3n) is 3.54. The Hall–Kier alpha value is -1.77. The van der Waals surface area contributed by atoms with Crippen LogP contribution in [0, 0.1) is 5.92 Å². The van der Waals surface area contributed by atoms with E-state index in [1.165, 1.54) is 4.90 Å². The molecule has 6 nitrogen and oxygen atoms in total. The first kappa shape index (κ1) is 16.6. The number of hydrogen-bond donors (Lipinski definition) is 2. The highest BCUT2D eigenvalue weighted by Gasteiger charge is 2.34. The van der Waals surface area contributed by atoms with Crippen LogP contribution in [-0.2, 0) is 6.54 Å². The van der Waals surface area contributed by atoms with Crippen LogP contribution in [0.4, 0.5) is 18.0 Å². The lowest BCUT2D eigenvalue weighted by molar-refractivity contribution is -0.143. The van der Waals surface area contributed by atoms with Gasteiger partial charge in [0, 0.05) is 38.6 Å². The molecule has 1 saturated heterocycles. The molecule has 2 N–H and O–H groups in total. The summed E-state index contributed by atoms with van der Waals surface area (Å²) in [5.41, 5.74) is 0. The maximum absolute atomic E-state index is 12.3. The number of nitrogens with zero attached hydrogens (tertiary/aromatic N) is 3. The third kappa shape index (κ3) is 5.92. The second-order valence-electron chi connectivity index (χ2n) is 5.44. The fourth-order valence-electron chi connectivity index (χ4n) is 2.49. The molecule has 22 heavy (non-hydrogen) atoms. The summed E-state index contributed by atoms with van der Waals surface area (Å²) in [6.07, 6.45) is 1.63. The SMILES string of the molecule is O=C(NCCn1ccnc1)NC[C@@H]1CCN(CC(F)(F)F)C1. The zero-order valence-corrected chi connectivity index (χ0v) is 12.1. The van der Waals surface area contributed by atoms with E-state index < -0.39 is 12.7 Å². The van der Waals surface area contributed by atoms with Gasteiger partial charge >= 0.3 is 12.2 Å². The van der Waals surface area contributed by atoms with Gasteiger partial charge in [-0.05, 0) is 18.9 Å². The second kappa shape index (κ2) is 7.48. The van der Waals surface area contributed by atoms with Gasteiger partial charge in [-0.15, -0.1) is 0 Å². The molecule has 0 aliphatic carbocycles. The highest BCUT2D eigenvalue weighted by atomic mass is 19.4. The van der Waals surface area contributed by atoms with Crippen LogP contribution in [0.2, 0.25) is 0 Å². The highest BCUT2D eigenvalue weighted by molar-refractivity contribution is 5.73. The first-order chi connectivity index (χ1) is 10.4. The van der Waals surface area contributed by atoms with Gasteiger partial charge in [0.05, 0.1) is 12.9 Å². The Kier molecular flexibility index (Phi) is 5.64. The van der Waals surface area contributed by atoms with Crippen molar-refractivity contribution in [2.75, 3.05) is 32.7 Å². The molecular formula is C13H20F3N5O. The molecule has 0 aromatic carbocycles. The first-order valence-corrected chi connectivity index (χ1v) is 7.19. The summed E-state index contributed by atoms with van der Waals surface area (Å²) in [5, 5.41) is 5.41. The molecule has 0 radical (unpaired) electrons. The van der Waals surface area contributed by atoms with Crippen molar-refractivity contribution in [2.24, 2.45) is 5.92 Å². The number of halogens is 3. The first-order valence-electron chi connectivity index (χ1n) is 7.19. The zero-order chi connectivity index (χ0) is 16.0. The topological polar surface area (TPSA) is 62.2 Å². The number of alkyl halides is 3. The Balaban J connectivity index is 1.57. The molecule has 1 aliphatic heterocycles. The van der Waals surface area contributed by atoms with Crippen LogP contribution in [0.1, 0.15) is 6.42 Å². The third-order valence-corrected chi connectivity index (χ3v) is 3.54. The van der Waals surface area contributed by atoms with Crippen molar-refractivity contribution < 1.29 is 18.0 Å². The molecule has 0 spiro atoms. The van der Waals surface area contributed by atoms with Gasteiger partial charge in [0.2, 0.25) is 0 Å². The van der Waals surface area contributed by atoms with E-state index in [0.29, 0.717) is 39.1 Å². The zero-order valence-electron chi connectivity index (χ0n) is 12.1. The van der Waals surface area contributed by atoms with Crippen LogP contribution in [0.25, 0.3) is 0 Å². The van der Waals surface area contributed by atoms with Crippen molar-refractivity contribution in [2.45, 2.75) is 19.1 Å². The Bertz CT molecular complexity index is 463. The normalized spacial score (nSPS) is 19.3. The predicted octanol–water partition coefficient (Wildman–Crippen LogP) is 1.07. The summed E-state index contributed by atoms with van der Waals surface area (Å²) < 4.78 is 38.7. The number of likely N-dealkylation sites (tertiary alicyclic amines) is 1. The number of aromatic nitrogens is 2. The number of amides is 2. The summed E-state index contributed by atoms with van der Waals surface area (Å²) in [6, 6.07) is -0.297. The van der Waals surface area contributed by atoms with Crippen LogP contribution >= 0.6 is 0 Å². The highest BCUT2D eigenvalue weighted by Crippen LogP contribution is 2.22. The Morgan fingerprint density at radius 2 is 2.18 bits per heavy atom. The fraction of sp³-hybridized carbons (Fsp3) is 0.692. The number of urea groups is 1. The van der Waals surface area contributed by atoms with Gasteiger partial charge in [0.1, 0.15) is 0 Å². The Labute approximate surface area is 126 Å². The number of hydrogen-bond acceptors (Lipinski definition) is 3. The second-order valence-corrected chi connectivity index (χ2v) is 5.44. The van der Waals surface area contributed by atoms with Gasteiger partial charge in [-0.25, -0.2) is 9.78 Å². The maximum atomic E-state index is 12.3. The smallest absolute Gasteiger partial charge is 0.338 e. The van der Waals surface area contributed by atoms with E-state index in [1.807, 2.05) is 4.57 Å².